The molecule has 8 heteroatoms. The number of anilines is 1. The molecule has 3 aromatic rings. The van der Waals surface area contributed by atoms with Crippen LogP contribution in [0.4, 0.5) is 5.69 Å². The van der Waals surface area contributed by atoms with E-state index in [1.807, 2.05) is 0 Å². The lowest BCUT2D eigenvalue weighted by Crippen LogP contribution is -2.29. The van der Waals surface area contributed by atoms with Gasteiger partial charge in [-0.1, -0.05) is 65.7 Å². The monoisotopic (exact) mass is 481 g/mol. The van der Waals surface area contributed by atoms with E-state index in [4.69, 9.17) is 28.3 Å². The third-order valence-corrected chi connectivity index (χ3v) is 6.02. The van der Waals surface area contributed by atoms with Crippen LogP contribution in [0.3, 0.4) is 0 Å². The Bertz CT molecular complexity index is 1300. The maximum atomic E-state index is 13.2. The number of aliphatic hydroxyl groups excluding tert-OH is 1. The molecule has 1 atom stereocenters. The molecule has 0 bridgehead atoms. The summed E-state index contributed by atoms with van der Waals surface area (Å²) in [7, 11) is 0. The Morgan fingerprint density at radius 1 is 0.848 bits per heavy atom. The number of benzene rings is 3. The van der Waals surface area contributed by atoms with Crippen molar-refractivity contribution < 1.29 is 24.6 Å². The van der Waals surface area contributed by atoms with E-state index in [1.165, 1.54) is 4.90 Å². The highest BCUT2D eigenvalue weighted by molar-refractivity contribution is 6.52. The predicted molar refractivity (Wildman–Crippen MR) is 125 cm³/mol. The molecule has 1 aliphatic heterocycles. The smallest absolute Gasteiger partial charge is 0.307 e. The lowest BCUT2D eigenvalue weighted by Gasteiger charge is -2.26. The number of carbonyl (C=O) groups excluding carboxylic acids is 2. The minimum Gasteiger partial charge on any atom is -0.507 e. The zero-order chi connectivity index (χ0) is 23.7. The van der Waals surface area contributed by atoms with Gasteiger partial charge in [0, 0.05) is 16.3 Å². The molecular weight excluding hydrogens is 465 g/mol. The van der Waals surface area contributed by atoms with Gasteiger partial charge >= 0.3 is 5.97 Å². The summed E-state index contributed by atoms with van der Waals surface area (Å²) >= 11 is 12.7. The normalized spacial score (nSPS) is 17.4. The van der Waals surface area contributed by atoms with Crippen LogP contribution in [-0.4, -0.2) is 27.9 Å². The molecule has 1 heterocycles. The summed E-state index contributed by atoms with van der Waals surface area (Å²) in [5, 5.41) is 20.6. The number of carboxylic acid groups (broad SMARTS) is 1. The zero-order valence-electron chi connectivity index (χ0n) is 17.0. The highest BCUT2D eigenvalue weighted by Crippen LogP contribution is 2.44. The Labute approximate surface area is 199 Å². The van der Waals surface area contributed by atoms with Crippen molar-refractivity contribution in [3.8, 4) is 0 Å². The van der Waals surface area contributed by atoms with Crippen molar-refractivity contribution in [2.45, 2.75) is 12.5 Å². The van der Waals surface area contributed by atoms with Crippen LogP contribution in [0, 0.1) is 0 Å². The Morgan fingerprint density at radius 2 is 1.45 bits per heavy atom. The second-order valence-electron chi connectivity index (χ2n) is 7.41. The first-order chi connectivity index (χ1) is 15.8. The van der Waals surface area contributed by atoms with E-state index < -0.39 is 29.5 Å². The van der Waals surface area contributed by atoms with Crippen LogP contribution in [0.5, 0.6) is 0 Å². The van der Waals surface area contributed by atoms with Crippen LogP contribution in [-0.2, 0) is 20.8 Å². The Morgan fingerprint density at radius 3 is 2.06 bits per heavy atom. The van der Waals surface area contributed by atoms with Gasteiger partial charge in [-0.3, -0.25) is 19.3 Å². The summed E-state index contributed by atoms with van der Waals surface area (Å²) in [6, 6.07) is 18.4. The standard InChI is InChI=1S/C25H17Cl2NO5/c26-18-7-3-1-5-16(18)22-21(23(31)17-6-2-4-8-19(17)27)24(32)25(33)28(22)15-11-9-14(10-12-15)13-20(29)30/h1-12,22,31H,13H2,(H,29,30)/b23-21+/t22-/m0/s1. The number of aliphatic carboxylic acids is 1. The van der Waals surface area contributed by atoms with E-state index in [0.717, 1.165) is 0 Å². The summed E-state index contributed by atoms with van der Waals surface area (Å²) in [5.74, 6) is -3.13. The van der Waals surface area contributed by atoms with Gasteiger partial charge in [0.15, 0.2) is 0 Å². The van der Waals surface area contributed by atoms with Gasteiger partial charge in [0.1, 0.15) is 5.76 Å². The zero-order valence-corrected chi connectivity index (χ0v) is 18.5. The van der Waals surface area contributed by atoms with Crippen molar-refractivity contribution in [2.24, 2.45) is 0 Å². The molecule has 0 radical (unpaired) electrons. The number of carboxylic acids is 1. The number of ketones is 1. The van der Waals surface area contributed by atoms with Crippen LogP contribution in [0.15, 0.2) is 78.4 Å². The number of rotatable bonds is 5. The molecule has 0 aromatic heterocycles. The molecule has 1 fully saturated rings. The van der Waals surface area contributed by atoms with Crippen LogP contribution >= 0.6 is 23.2 Å². The molecule has 33 heavy (non-hydrogen) atoms. The summed E-state index contributed by atoms with van der Waals surface area (Å²) < 4.78 is 0. The van der Waals surface area contributed by atoms with E-state index in [9.17, 15) is 19.5 Å². The third-order valence-electron chi connectivity index (χ3n) is 5.34. The summed E-state index contributed by atoms with van der Waals surface area (Å²) in [4.78, 5) is 38.5. The topological polar surface area (TPSA) is 94.9 Å². The molecule has 166 valence electrons. The minimum absolute atomic E-state index is 0.143. The molecule has 4 rings (SSSR count). The van der Waals surface area contributed by atoms with Gasteiger partial charge in [-0.05, 0) is 41.5 Å². The average molecular weight is 482 g/mol. The van der Waals surface area contributed by atoms with Crippen molar-refractivity contribution in [3.05, 3.63) is 105 Å². The first kappa shape index (κ1) is 22.6. The Hall–Kier alpha value is -3.61. The van der Waals surface area contributed by atoms with E-state index in [0.29, 0.717) is 21.8 Å². The van der Waals surface area contributed by atoms with E-state index >= 15 is 0 Å². The molecule has 1 saturated heterocycles. The highest BCUT2D eigenvalue weighted by atomic mass is 35.5. The van der Waals surface area contributed by atoms with Gasteiger partial charge in [0.05, 0.1) is 23.1 Å². The fourth-order valence-electron chi connectivity index (χ4n) is 3.84. The van der Waals surface area contributed by atoms with Crippen molar-refractivity contribution >= 4 is 52.3 Å². The maximum Gasteiger partial charge on any atom is 0.307 e. The van der Waals surface area contributed by atoms with Gasteiger partial charge in [0.25, 0.3) is 11.7 Å². The quantitative estimate of drug-likeness (QED) is 0.295. The molecule has 3 aromatic carbocycles. The summed E-state index contributed by atoms with van der Waals surface area (Å²) in [5.41, 5.74) is 1.41. The number of nitrogens with zero attached hydrogens (tertiary/aromatic N) is 1. The number of carbonyl (C=O) groups is 3. The average Bonchev–Trinajstić information content (AvgIpc) is 3.05. The van der Waals surface area contributed by atoms with Gasteiger partial charge in [0.2, 0.25) is 0 Å². The summed E-state index contributed by atoms with van der Waals surface area (Å²) in [6.07, 6.45) is -0.181. The van der Waals surface area contributed by atoms with Crippen molar-refractivity contribution in [1.29, 1.82) is 0 Å². The van der Waals surface area contributed by atoms with E-state index in [-0.39, 0.29) is 22.6 Å². The third kappa shape index (κ3) is 4.23. The lowest BCUT2D eigenvalue weighted by molar-refractivity contribution is -0.136. The van der Waals surface area contributed by atoms with Gasteiger partial charge in [-0.25, -0.2) is 0 Å². The molecule has 0 saturated carbocycles. The largest absolute Gasteiger partial charge is 0.507 e. The summed E-state index contributed by atoms with van der Waals surface area (Å²) in [6.45, 7) is 0. The Kier molecular flexibility index (Phi) is 6.22. The number of Topliss-reactive ketones (excluding diaryl/α,β-unsaturated/α-hetero) is 1. The molecule has 1 aliphatic rings. The predicted octanol–water partition coefficient (Wildman–Crippen LogP) is 5.25. The van der Waals surface area contributed by atoms with Gasteiger partial charge in [-0.15, -0.1) is 0 Å². The SMILES string of the molecule is O=C(O)Cc1ccc(N2C(=O)C(=O)/C(=C(/O)c3ccccc3Cl)[C@@H]2c2ccccc2Cl)cc1. The molecule has 0 unspecified atom stereocenters. The Balaban J connectivity index is 1.92. The molecule has 2 N–H and O–H groups in total. The van der Waals surface area contributed by atoms with Gasteiger partial charge in [-0.2, -0.15) is 0 Å². The molecule has 1 amide bonds. The van der Waals surface area contributed by atoms with Crippen molar-refractivity contribution in [2.75, 3.05) is 4.90 Å². The number of hydrogen-bond acceptors (Lipinski definition) is 4. The molecule has 0 aliphatic carbocycles. The van der Waals surface area contributed by atoms with E-state index in [2.05, 4.69) is 0 Å². The van der Waals surface area contributed by atoms with Gasteiger partial charge < -0.3 is 10.2 Å². The van der Waals surface area contributed by atoms with Crippen LogP contribution < -0.4 is 4.90 Å². The van der Waals surface area contributed by atoms with E-state index in [1.54, 1.807) is 72.8 Å². The molecule has 0 spiro atoms. The highest BCUT2D eigenvalue weighted by Gasteiger charge is 2.47. The van der Waals surface area contributed by atoms with Crippen molar-refractivity contribution in [1.82, 2.24) is 0 Å². The first-order valence-corrected chi connectivity index (χ1v) is 10.7. The number of aliphatic hydroxyl groups is 1. The minimum atomic E-state index is -1.01. The van der Waals surface area contributed by atoms with Crippen LogP contribution in [0.25, 0.3) is 5.76 Å². The van der Waals surface area contributed by atoms with Crippen molar-refractivity contribution in [3.63, 3.8) is 0 Å². The number of amides is 1. The van der Waals surface area contributed by atoms with Crippen LogP contribution in [0.1, 0.15) is 22.7 Å². The molecular formula is C25H17Cl2NO5. The molecule has 6 nitrogen and oxygen atoms in total. The second-order valence-corrected chi connectivity index (χ2v) is 8.22. The maximum absolute atomic E-state index is 13.2. The van der Waals surface area contributed by atoms with Crippen LogP contribution in [0.2, 0.25) is 10.0 Å². The number of hydrogen-bond donors (Lipinski definition) is 2. The fraction of sp³-hybridized carbons (Fsp3) is 0.0800. The number of halogens is 2. The first-order valence-electron chi connectivity index (χ1n) is 9.90. The fourth-order valence-corrected chi connectivity index (χ4v) is 4.30. The second kappa shape index (κ2) is 9.10. The lowest BCUT2D eigenvalue weighted by atomic mass is 9.95.